The minimum atomic E-state index is -0.836. The zero-order valence-corrected chi connectivity index (χ0v) is 13.6. The average molecular weight is 346 g/mol. The number of benzene rings is 2. The van der Waals surface area contributed by atoms with Crippen LogP contribution in [0.3, 0.4) is 0 Å². The van der Waals surface area contributed by atoms with Crippen molar-refractivity contribution in [1.82, 2.24) is 5.32 Å². The molecule has 1 aliphatic heterocycles. The first kappa shape index (κ1) is 16.1. The number of hydrogen-bond donors (Lipinski definition) is 3. The molecule has 3 N–H and O–H groups in total. The first-order valence-corrected chi connectivity index (χ1v) is 7.80. The molecule has 0 saturated carbocycles. The molecule has 124 valence electrons. The Morgan fingerprint density at radius 1 is 1.21 bits per heavy atom. The number of fused-ring (bicyclic) bond motifs is 1. The van der Waals surface area contributed by atoms with Gasteiger partial charge in [0.05, 0.1) is 5.69 Å². The topological polar surface area (TPSA) is 79.5 Å². The van der Waals surface area contributed by atoms with E-state index in [-0.39, 0.29) is 5.91 Å². The predicted octanol–water partition coefficient (Wildman–Crippen LogP) is 3.25. The van der Waals surface area contributed by atoms with E-state index in [2.05, 4.69) is 16.0 Å². The maximum absolute atomic E-state index is 12.4. The van der Waals surface area contributed by atoms with Gasteiger partial charge in [0.1, 0.15) is 17.9 Å². The summed E-state index contributed by atoms with van der Waals surface area (Å²) in [6.45, 7) is 1.73. The van der Waals surface area contributed by atoms with E-state index in [1.165, 1.54) is 0 Å². The third kappa shape index (κ3) is 3.60. The summed E-state index contributed by atoms with van der Waals surface area (Å²) in [4.78, 5) is 24.5. The SMILES string of the molecule is C[C@@H]1Oc2ccccc2NC(=O)[C@@H]1NC(=O)Nc1cccc(Cl)c1. The van der Waals surface area contributed by atoms with E-state index in [0.717, 1.165) is 0 Å². The lowest BCUT2D eigenvalue weighted by Crippen LogP contribution is -2.52. The zero-order valence-electron chi connectivity index (χ0n) is 12.9. The standard InChI is InChI=1S/C17H16ClN3O3/c1-10-15(16(22)20-13-7-2-3-8-14(13)24-10)21-17(23)19-12-6-4-5-11(18)9-12/h2-10,15H,1H3,(H,20,22)(H2,19,21,23)/t10-,15+/m0/s1. The summed E-state index contributed by atoms with van der Waals surface area (Å²) in [5, 5.41) is 8.53. The fourth-order valence-electron chi connectivity index (χ4n) is 2.42. The summed E-state index contributed by atoms with van der Waals surface area (Å²) in [5.74, 6) is 0.228. The van der Waals surface area contributed by atoms with Crippen molar-refractivity contribution in [3.63, 3.8) is 0 Å². The molecule has 1 aliphatic rings. The molecule has 3 amide bonds. The number of rotatable bonds is 2. The summed E-state index contributed by atoms with van der Waals surface area (Å²) in [6, 6.07) is 12.5. The number of ether oxygens (including phenoxy) is 1. The Hall–Kier alpha value is -2.73. The molecule has 3 rings (SSSR count). The smallest absolute Gasteiger partial charge is 0.320 e. The van der Waals surface area contributed by atoms with Gasteiger partial charge in [-0.2, -0.15) is 0 Å². The molecular weight excluding hydrogens is 330 g/mol. The normalized spacial score (nSPS) is 19.3. The molecule has 24 heavy (non-hydrogen) atoms. The summed E-state index contributed by atoms with van der Waals surface area (Å²) < 4.78 is 5.76. The van der Waals surface area contributed by atoms with Gasteiger partial charge >= 0.3 is 6.03 Å². The molecule has 0 bridgehead atoms. The highest BCUT2D eigenvalue weighted by Gasteiger charge is 2.32. The van der Waals surface area contributed by atoms with Gasteiger partial charge in [-0.3, -0.25) is 4.79 Å². The van der Waals surface area contributed by atoms with E-state index < -0.39 is 18.2 Å². The zero-order chi connectivity index (χ0) is 17.1. The first-order chi connectivity index (χ1) is 11.5. The highest BCUT2D eigenvalue weighted by molar-refractivity contribution is 6.30. The van der Waals surface area contributed by atoms with Gasteiger partial charge in [0.25, 0.3) is 5.91 Å². The van der Waals surface area contributed by atoms with Crippen LogP contribution in [0.15, 0.2) is 48.5 Å². The molecule has 7 heteroatoms. The van der Waals surface area contributed by atoms with Crippen LogP contribution in [0.1, 0.15) is 6.92 Å². The number of anilines is 2. The van der Waals surface area contributed by atoms with Gasteiger partial charge in [0.15, 0.2) is 0 Å². The number of hydrogen-bond acceptors (Lipinski definition) is 3. The summed E-state index contributed by atoms with van der Waals surface area (Å²) in [6.07, 6.45) is -0.529. The highest BCUT2D eigenvalue weighted by Crippen LogP contribution is 2.28. The minimum absolute atomic E-state index is 0.339. The van der Waals surface area contributed by atoms with Crippen molar-refractivity contribution in [2.75, 3.05) is 10.6 Å². The quantitative estimate of drug-likeness (QED) is 0.781. The van der Waals surface area contributed by atoms with Gasteiger partial charge in [-0.05, 0) is 37.3 Å². The summed E-state index contributed by atoms with van der Waals surface area (Å²) in [7, 11) is 0. The van der Waals surface area contributed by atoms with Crippen molar-refractivity contribution in [3.05, 3.63) is 53.6 Å². The molecule has 1 heterocycles. The number of halogens is 1. The third-order valence-electron chi connectivity index (χ3n) is 3.58. The van der Waals surface area contributed by atoms with Gasteiger partial charge in [-0.25, -0.2) is 4.79 Å². The van der Waals surface area contributed by atoms with Crippen LogP contribution >= 0.6 is 11.6 Å². The summed E-state index contributed by atoms with van der Waals surface area (Å²) >= 11 is 5.88. The van der Waals surface area contributed by atoms with Gasteiger partial charge < -0.3 is 20.7 Å². The van der Waals surface area contributed by atoms with Crippen LogP contribution in [0, 0.1) is 0 Å². The Kier molecular flexibility index (Phi) is 4.57. The second kappa shape index (κ2) is 6.80. The van der Waals surface area contributed by atoms with E-state index >= 15 is 0 Å². The first-order valence-electron chi connectivity index (χ1n) is 7.42. The number of para-hydroxylation sites is 2. The van der Waals surface area contributed by atoms with Gasteiger partial charge in [-0.15, -0.1) is 0 Å². The Balaban J connectivity index is 1.70. The number of carbonyl (C=O) groups is 2. The van der Waals surface area contributed by atoms with Crippen LogP contribution in [0.5, 0.6) is 5.75 Å². The van der Waals surface area contributed by atoms with Crippen LogP contribution < -0.4 is 20.7 Å². The molecule has 0 spiro atoms. The van der Waals surface area contributed by atoms with E-state index in [1.807, 2.05) is 6.07 Å². The van der Waals surface area contributed by atoms with Crippen molar-refractivity contribution < 1.29 is 14.3 Å². The monoisotopic (exact) mass is 345 g/mol. The van der Waals surface area contributed by atoms with Crippen LogP contribution in [0.25, 0.3) is 0 Å². The number of nitrogens with one attached hydrogen (secondary N) is 3. The molecule has 0 radical (unpaired) electrons. The Labute approximate surface area is 144 Å². The van der Waals surface area contributed by atoms with Gasteiger partial charge in [0, 0.05) is 10.7 Å². The van der Waals surface area contributed by atoms with Gasteiger partial charge in [-0.1, -0.05) is 29.8 Å². The fourth-order valence-corrected chi connectivity index (χ4v) is 2.61. The van der Waals surface area contributed by atoms with Gasteiger partial charge in [0.2, 0.25) is 0 Å². The molecule has 0 aromatic heterocycles. The van der Waals surface area contributed by atoms with E-state index in [9.17, 15) is 9.59 Å². The predicted molar refractivity (Wildman–Crippen MR) is 92.6 cm³/mol. The second-order valence-electron chi connectivity index (χ2n) is 5.39. The molecule has 0 unspecified atom stereocenters. The number of carbonyl (C=O) groups excluding carboxylic acids is 2. The van der Waals surface area contributed by atoms with Crippen LogP contribution in [-0.2, 0) is 4.79 Å². The third-order valence-corrected chi connectivity index (χ3v) is 3.81. The van der Waals surface area contributed by atoms with Crippen molar-refractivity contribution in [2.45, 2.75) is 19.1 Å². The molecule has 6 nitrogen and oxygen atoms in total. The molecule has 2 aromatic rings. The molecule has 0 aliphatic carbocycles. The van der Waals surface area contributed by atoms with E-state index in [1.54, 1.807) is 49.4 Å². The molecule has 2 aromatic carbocycles. The molecular formula is C17H16ClN3O3. The molecule has 2 atom stereocenters. The van der Waals surface area contributed by atoms with Crippen molar-refractivity contribution in [2.24, 2.45) is 0 Å². The number of amides is 3. The maximum Gasteiger partial charge on any atom is 0.320 e. The lowest BCUT2D eigenvalue weighted by Gasteiger charge is -2.21. The minimum Gasteiger partial charge on any atom is -0.486 e. The largest absolute Gasteiger partial charge is 0.486 e. The second-order valence-corrected chi connectivity index (χ2v) is 5.83. The number of urea groups is 1. The average Bonchev–Trinajstić information content (AvgIpc) is 2.65. The maximum atomic E-state index is 12.4. The fraction of sp³-hybridized carbons (Fsp3) is 0.176. The molecule has 0 saturated heterocycles. The Morgan fingerprint density at radius 3 is 2.79 bits per heavy atom. The van der Waals surface area contributed by atoms with Crippen molar-refractivity contribution in [1.29, 1.82) is 0 Å². The summed E-state index contributed by atoms with van der Waals surface area (Å²) in [5.41, 5.74) is 1.11. The van der Waals surface area contributed by atoms with Crippen molar-refractivity contribution in [3.8, 4) is 5.75 Å². The Bertz CT molecular complexity index is 781. The van der Waals surface area contributed by atoms with Crippen molar-refractivity contribution >= 4 is 34.9 Å². The Morgan fingerprint density at radius 2 is 2.00 bits per heavy atom. The highest BCUT2D eigenvalue weighted by atomic mass is 35.5. The lowest BCUT2D eigenvalue weighted by atomic mass is 10.1. The van der Waals surface area contributed by atoms with E-state index in [4.69, 9.17) is 16.3 Å². The van der Waals surface area contributed by atoms with Crippen LogP contribution in [-0.4, -0.2) is 24.1 Å². The molecule has 0 fully saturated rings. The van der Waals surface area contributed by atoms with Crippen LogP contribution in [0.2, 0.25) is 5.02 Å². The van der Waals surface area contributed by atoms with Crippen LogP contribution in [0.4, 0.5) is 16.2 Å². The van der Waals surface area contributed by atoms with E-state index in [0.29, 0.717) is 22.1 Å². The lowest BCUT2D eigenvalue weighted by molar-refractivity contribution is -0.119.